The van der Waals surface area contributed by atoms with Gasteiger partial charge in [0.25, 0.3) is 0 Å². The summed E-state index contributed by atoms with van der Waals surface area (Å²) < 4.78 is 0. The quantitative estimate of drug-likeness (QED) is 0.463. The first-order valence-electron chi connectivity index (χ1n) is 7.76. The van der Waals surface area contributed by atoms with Crippen molar-refractivity contribution < 1.29 is 0 Å². The minimum absolute atomic E-state index is 1.04. The second kappa shape index (κ2) is 8.14. The lowest BCUT2D eigenvalue weighted by Crippen LogP contribution is -2.21. The number of rotatable bonds is 9. The predicted molar refractivity (Wildman–Crippen MR) is 73.7 cm³/mol. The van der Waals surface area contributed by atoms with Gasteiger partial charge in [-0.15, -0.1) is 0 Å². The minimum atomic E-state index is 1.04. The maximum Gasteiger partial charge on any atom is -0.0409 e. The molecule has 0 amide bonds. The van der Waals surface area contributed by atoms with Gasteiger partial charge in [0.15, 0.2) is 0 Å². The Kier molecular flexibility index (Phi) is 7.16. The maximum atomic E-state index is 2.40. The van der Waals surface area contributed by atoms with Crippen molar-refractivity contribution in [1.29, 1.82) is 0 Å². The van der Waals surface area contributed by atoms with Gasteiger partial charge in [-0.3, -0.25) is 0 Å². The minimum Gasteiger partial charge on any atom is -0.0654 e. The Labute approximate surface area is 103 Å². The number of hydrogen-bond donors (Lipinski definition) is 0. The Morgan fingerprint density at radius 1 is 0.938 bits per heavy atom. The Morgan fingerprint density at radius 2 is 1.50 bits per heavy atom. The van der Waals surface area contributed by atoms with E-state index in [0.717, 1.165) is 17.8 Å². The molecule has 0 saturated heterocycles. The number of hydrogen-bond acceptors (Lipinski definition) is 0. The van der Waals surface area contributed by atoms with Gasteiger partial charge in [0.05, 0.1) is 0 Å². The highest BCUT2D eigenvalue weighted by Gasteiger charge is 2.25. The molecule has 0 heteroatoms. The van der Waals surface area contributed by atoms with Crippen molar-refractivity contribution in [3.63, 3.8) is 0 Å². The van der Waals surface area contributed by atoms with Crippen LogP contribution in [0, 0.1) is 17.8 Å². The van der Waals surface area contributed by atoms with Crippen molar-refractivity contribution in [3.05, 3.63) is 0 Å². The molecule has 1 fully saturated rings. The molecule has 1 rings (SSSR count). The van der Waals surface area contributed by atoms with Crippen LogP contribution >= 0.6 is 0 Å². The molecule has 0 N–H and O–H groups in total. The van der Waals surface area contributed by atoms with Gasteiger partial charge in [-0.25, -0.2) is 0 Å². The van der Waals surface area contributed by atoms with Crippen molar-refractivity contribution in [1.82, 2.24) is 0 Å². The zero-order chi connectivity index (χ0) is 11.8. The first-order chi connectivity index (χ1) is 7.76. The molecule has 1 aliphatic carbocycles. The largest absolute Gasteiger partial charge is 0.0654 e. The van der Waals surface area contributed by atoms with Crippen LogP contribution in [0.1, 0.15) is 85.0 Å². The second-order valence-corrected chi connectivity index (χ2v) is 6.17. The van der Waals surface area contributed by atoms with Crippen molar-refractivity contribution in [3.8, 4) is 0 Å². The third-order valence-electron chi connectivity index (χ3n) is 4.39. The average Bonchev–Trinajstić information content (AvgIpc) is 2.25. The van der Waals surface area contributed by atoms with Gasteiger partial charge in [0.2, 0.25) is 0 Å². The highest BCUT2D eigenvalue weighted by Crippen LogP contribution is 2.38. The molecule has 0 heterocycles. The third kappa shape index (κ3) is 5.37. The van der Waals surface area contributed by atoms with E-state index in [1.54, 1.807) is 0 Å². The van der Waals surface area contributed by atoms with Crippen molar-refractivity contribution >= 4 is 0 Å². The van der Waals surface area contributed by atoms with E-state index in [1.165, 1.54) is 64.2 Å². The maximum absolute atomic E-state index is 2.40. The summed E-state index contributed by atoms with van der Waals surface area (Å²) in [6, 6.07) is 0. The van der Waals surface area contributed by atoms with E-state index in [1.807, 2.05) is 0 Å². The molecule has 0 unspecified atom stereocenters. The van der Waals surface area contributed by atoms with E-state index in [9.17, 15) is 0 Å². The van der Waals surface area contributed by atoms with Crippen molar-refractivity contribution in [2.24, 2.45) is 17.8 Å². The van der Waals surface area contributed by atoms with E-state index < -0.39 is 0 Å². The molecule has 0 spiro atoms. The molecule has 0 aromatic carbocycles. The van der Waals surface area contributed by atoms with Crippen LogP contribution in [-0.4, -0.2) is 0 Å². The van der Waals surface area contributed by atoms with Crippen LogP contribution < -0.4 is 0 Å². The molecule has 0 atom stereocenters. The standard InChI is InChI=1S/C16H32/c1-4-6-8-15(9-7-5-2)10-11-16-12-14(3)13-16/h14-16H,4-13H2,1-3H3. The Hall–Kier alpha value is 0. The molecule has 1 aliphatic rings. The van der Waals surface area contributed by atoms with Gasteiger partial charge in [0.1, 0.15) is 0 Å². The molecule has 0 aromatic heterocycles. The summed E-state index contributed by atoms with van der Waals surface area (Å²) in [6.07, 6.45) is 14.8. The summed E-state index contributed by atoms with van der Waals surface area (Å²) in [7, 11) is 0. The Balaban J connectivity index is 2.10. The Bertz CT molecular complexity index is 147. The molecule has 1 saturated carbocycles. The second-order valence-electron chi connectivity index (χ2n) is 6.17. The van der Waals surface area contributed by atoms with E-state index in [-0.39, 0.29) is 0 Å². The van der Waals surface area contributed by atoms with Crippen LogP contribution in [0.2, 0.25) is 0 Å². The Morgan fingerprint density at radius 3 is 1.94 bits per heavy atom. The van der Waals surface area contributed by atoms with Gasteiger partial charge in [-0.05, 0) is 30.6 Å². The smallest absolute Gasteiger partial charge is 0.0409 e. The molecule has 0 nitrogen and oxygen atoms in total. The fraction of sp³-hybridized carbons (Fsp3) is 1.00. The van der Waals surface area contributed by atoms with Gasteiger partial charge < -0.3 is 0 Å². The number of unbranched alkanes of at least 4 members (excludes halogenated alkanes) is 2. The molecular formula is C16H32. The van der Waals surface area contributed by atoms with E-state index in [0.29, 0.717) is 0 Å². The highest BCUT2D eigenvalue weighted by molar-refractivity contribution is 4.77. The first kappa shape index (κ1) is 14.1. The molecule has 0 bridgehead atoms. The van der Waals surface area contributed by atoms with Crippen LogP contribution in [0.5, 0.6) is 0 Å². The lowest BCUT2D eigenvalue weighted by Gasteiger charge is -2.33. The summed E-state index contributed by atoms with van der Waals surface area (Å²) >= 11 is 0. The van der Waals surface area contributed by atoms with Crippen LogP contribution in [0.4, 0.5) is 0 Å². The van der Waals surface area contributed by atoms with E-state index in [2.05, 4.69) is 20.8 Å². The van der Waals surface area contributed by atoms with Gasteiger partial charge >= 0.3 is 0 Å². The summed E-state index contributed by atoms with van der Waals surface area (Å²) in [5.41, 5.74) is 0. The highest BCUT2D eigenvalue weighted by atomic mass is 14.3. The van der Waals surface area contributed by atoms with Crippen molar-refractivity contribution in [2.75, 3.05) is 0 Å². The lowest BCUT2D eigenvalue weighted by atomic mass is 9.72. The fourth-order valence-electron chi connectivity index (χ4n) is 3.19. The zero-order valence-corrected chi connectivity index (χ0v) is 11.8. The summed E-state index contributed by atoms with van der Waals surface area (Å²) in [5, 5.41) is 0. The van der Waals surface area contributed by atoms with Gasteiger partial charge in [-0.1, -0.05) is 72.1 Å². The summed E-state index contributed by atoms with van der Waals surface area (Å²) in [6.45, 7) is 7.05. The topological polar surface area (TPSA) is 0 Å². The average molecular weight is 224 g/mol. The lowest BCUT2D eigenvalue weighted by molar-refractivity contribution is 0.183. The van der Waals surface area contributed by atoms with Gasteiger partial charge in [0, 0.05) is 0 Å². The zero-order valence-electron chi connectivity index (χ0n) is 11.8. The van der Waals surface area contributed by atoms with Crippen LogP contribution in [-0.2, 0) is 0 Å². The van der Waals surface area contributed by atoms with Crippen LogP contribution in [0.15, 0.2) is 0 Å². The van der Waals surface area contributed by atoms with Gasteiger partial charge in [-0.2, -0.15) is 0 Å². The fourth-order valence-corrected chi connectivity index (χ4v) is 3.19. The van der Waals surface area contributed by atoms with E-state index in [4.69, 9.17) is 0 Å². The summed E-state index contributed by atoms with van der Waals surface area (Å²) in [4.78, 5) is 0. The molecule has 16 heavy (non-hydrogen) atoms. The summed E-state index contributed by atoms with van der Waals surface area (Å²) in [5.74, 6) is 3.19. The van der Waals surface area contributed by atoms with Crippen LogP contribution in [0.25, 0.3) is 0 Å². The molecule has 0 aliphatic heterocycles. The third-order valence-corrected chi connectivity index (χ3v) is 4.39. The SMILES string of the molecule is CCCCC(CCCC)CCC1CC(C)C1. The first-order valence-corrected chi connectivity index (χ1v) is 7.76. The molecule has 0 aromatic rings. The van der Waals surface area contributed by atoms with E-state index >= 15 is 0 Å². The van der Waals surface area contributed by atoms with Crippen molar-refractivity contribution in [2.45, 2.75) is 85.0 Å². The molecular weight excluding hydrogens is 192 g/mol. The normalized spacial score (nSPS) is 24.8. The monoisotopic (exact) mass is 224 g/mol. The molecule has 0 radical (unpaired) electrons. The molecule has 96 valence electrons. The predicted octanol–water partition coefficient (Wildman–Crippen LogP) is 5.81. The van der Waals surface area contributed by atoms with Crippen LogP contribution in [0.3, 0.4) is 0 Å².